The molecule has 2 aromatic rings. The van der Waals surface area contributed by atoms with Crippen molar-refractivity contribution in [3.8, 4) is 22.9 Å². The summed E-state index contributed by atoms with van der Waals surface area (Å²) in [5.74, 6) is -2.45. The molecule has 2 aliphatic rings. The molecule has 0 atom stereocenters. The molecule has 1 amide bonds. The number of nitriles is 1. The summed E-state index contributed by atoms with van der Waals surface area (Å²) in [5, 5.41) is 23.3. The van der Waals surface area contributed by atoms with Crippen LogP contribution in [0.3, 0.4) is 0 Å². The Bertz CT molecular complexity index is 1080. The van der Waals surface area contributed by atoms with E-state index in [0.29, 0.717) is 22.7 Å². The van der Waals surface area contributed by atoms with E-state index in [1.165, 1.54) is 23.1 Å². The molecule has 4 rings (SSSR count). The van der Waals surface area contributed by atoms with Gasteiger partial charge >= 0.3 is 10.2 Å². The molecule has 26 heavy (non-hydrogen) atoms. The van der Waals surface area contributed by atoms with E-state index in [0.717, 1.165) is 6.07 Å². The zero-order valence-electron chi connectivity index (χ0n) is 13.2. The second-order valence-corrected chi connectivity index (χ2v) is 7.74. The molecule has 2 heterocycles. The first-order valence-corrected chi connectivity index (χ1v) is 9.03. The predicted octanol–water partition coefficient (Wildman–Crippen LogP) is 0.588. The molecule has 1 aromatic heterocycles. The summed E-state index contributed by atoms with van der Waals surface area (Å²) in [4.78, 5) is 11.4. The van der Waals surface area contributed by atoms with Crippen LogP contribution in [0.5, 0.6) is 5.75 Å². The third-order valence-electron chi connectivity index (χ3n) is 4.43. The number of hydrogen-bond acceptors (Lipinski definition) is 6. The van der Waals surface area contributed by atoms with E-state index in [9.17, 15) is 23.6 Å². The third kappa shape index (κ3) is 2.30. The van der Waals surface area contributed by atoms with Crippen molar-refractivity contribution in [3.05, 3.63) is 30.3 Å². The minimum Gasteiger partial charge on any atom is -0.506 e. The van der Waals surface area contributed by atoms with Crippen LogP contribution in [-0.4, -0.2) is 35.8 Å². The van der Waals surface area contributed by atoms with E-state index in [-0.39, 0.29) is 5.56 Å². The Morgan fingerprint density at radius 3 is 2.69 bits per heavy atom. The van der Waals surface area contributed by atoms with Crippen molar-refractivity contribution in [3.63, 3.8) is 0 Å². The second-order valence-electron chi connectivity index (χ2n) is 6.15. The largest absolute Gasteiger partial charge is 0.506 e. The van der Waals surface area contributed by atoms with E-state index in [4.69, 9.17) is 0 Å². The van der Waals surface area contributed by atoms with Gasteiger partial charge in [-0.2, -0.15) is 18.8 Å². The van der Waals surface area contributed by atoms with Crippen LogP contribution in [0.15, 0.2) is 24.5 Å². The number of hydrogen-bond donors (Lipinski definition) is 2. The van der Waals surface area contributed by atoms with Gasteiger partial charge in [-0.1, -0.05) is 0 Å². The van der Waals surface area contributed by atoms with Gasteiger partial charge in [-0.3, -0.25) is 9.48 Å². The first-order chi connectivity index (χ1) is 12.3. The van der Waals surface area contributed by atoms with Crippen LogP contribution in [0, 0.1) is 17.1 Å². The molecule has 134 valence electrons. The van der Waals surface area contributed by atoms with Gasteiger partial charge in [-0.25, -0.2) is 13.4 Å². The molecule has 1 aliphatic heterocycles. The number of phenols is 1. The Hall–Kier alpha value is -3.13. The van der Waals surface area contributed by atoms with E-state index in [1.54, 1.807) is 4.72 Å². The molecule has 1 saturated heterocycles. The molecule has 0 spiro atoms. The quantitative estimate of drug-likeness (QED) is 0.806. The lowest BCUT2D eigenvalue weighted by atomic mass is 10.1. The van der Waals surface area contributed by atoms with E-state index < -0.39 is 45.5 Å². The maximum absolute atomic E-state index is 15.0. The van der Waals surface area contributed by atoms with Crippen molar-refractivity contribution in [1.29, 1.82) is 5.26 Å². The number of aromatic hydroxyl groups is 1. The summed E-state index contributed by atoms with van der Waals surface area (Å²) >= 11 is 0. The fourth-order valence-corrected chi connectivity index (χ4v) is 4.03. The summed E-state index contributed by atoms with van der Waals surface area (Å²) < 4.78 is 42.6. The first-order valence-electron chi connectivity index (χ1n) is 7.59. The Morgan fingerprint density at radius 1 is 1.38 bits per heavy atom. The fourth-order valence-electron chi connectivity index (χ4n) is 2.87. The maximum atomic E-state index is 15.0. The predicted molar refractivity (Wildman–Crippen MR) is 86.5 cm³/mol. The average molecular weight is 377 g/mol. The normalized spacial score (nSPS) is 19.8. The van der Waals surface area contributed by atoms with Gasteiger partial charge in [0.1, 0.15) is 23.5 Å². The minimum atomic E-state index is -4.28. The zero-order chi connectivity index (χ0) is 18.7. The SMILES string of the molecule is N#CC1(n2cc(-c3ccc(O)c(N4CC(=O)NS4(=O)=O)c3F)cn2)CC1. The minimum absolute atomic E-state index is 0.00709. The molecule has 0 unspecified atom stereocenters. The Kier molecular flexibility index (Phi) is 3.26. The summed E-state index contributed by atoms with van der Waals surface area (Å²) in [6.07, 6.45) is 4.15. The fraction of sp³-hybridized carbons (Fsp3) is 0.267. The van der Waals surface area contributed by atoms with Crippen LogP contribution in [0.1, 0.15) is 12.8 Å². The van der Waals surface area contributed by atoms with Crippen molar-refractivity contribution >= 4 is 21.8 Å². The molecule has 1 aliphatic carbocycles. The van der Waals surface area contributed by atoms with Gasteiger partial charge in [0.2, 0.25) is 0 Å². The van der Waals surface area contributed by atoms with Gasteiger partial charge in [0, 0.05) is 17.3 Å². The highest BCUT2D eigenvalue weighted by Gasteiger charge is 2.46. The number of carbonyl (C=O) groups is 1. The monoisotopic (exact) mass is 377 g/mol. The lowest BCUT2D eigenvalue weighted by Gasteiger charge is -2.18. The van der Waals surface area contributed by atoms with Gasteiger partial charge in [-0.05, 0) is 25.0 Å². The molecule has 11 heteroatoms. The lowest BCUT2D eigenvalue weighted by molar-refractivity contribution is -0.117. The number of benzene rings is 1. The van der Waals surface area contributed by atoms with Crippen LogP contribution in [-0.2, 0) is 20.5 Å². The highest BCUT2D eigenvalue weighted by Crippen LogP contribution is 2.44. The number of rotatable bonds is 3. The van der Waals surface area contributed by atoms with Crippen LogP contribution in [0.2, 0.25) is 0 Å². The van der Waals surface area contributed by atoms with Gasteiger partial charge in [0.15, 0.2) is 5.82 Å². The number of amides is 1. The Balaban J connectivity index is 1.81. The molecule has 0 bridgehead atoms. The molecular weight excluding hydrogens is 365 g/mol. The molecular formula is C15H12FN5O4S. The van der Waals surface area contributed by atoms with Crippen LogP contribution < -0.4 is 9.03 Å². The topological polar surface area (TPSA) is 128 Å². The van der Waals surface area contributed by atoms with Crippen LogP contribution in [0.25, 0.3) is 11.1 Å². The highest BCUT2D eigenvalue weighted by molar-refractivity contribution is 7.92. The number of carbonyl (C=O) groups excluding carboxylic acids is 1. The van der Waals surface area contributed by atoms with Crippen molar-refractivity contribution in [2.24, 2.45) is 0 Å². The summed E-state index contributed by atoms with van der Waals surface area (Å²) in [7, 11) is -4.28. The smallest absolute Gasteiger partial charge is 0.326 e. The van der Waals surface area contributed by atoms with Crippen LogP contribution >= 0.6 is 0 Å². The van der Waals surface area contributed by atoms with Gasteiger partial charge < -0.3 is 5.11 Å². The van der Waals surface area contributed by atoms with Crippen molar-refractivity contribution in [1.82, 2.24) is 14.5 Å². The molecule has 0 radical (unpaired) electrons. The first kappa shape index (κ1) is 16.3. The molecule has 1 aromatic carbocycles. The van der Waals surface area contributed by atoms with Crippen molar-refractivity contribution in [2.45, 2.75) is 18.4 Å². The summed E-state index contributed by atoms with van der Waals surface area (Å²) in [5.41, 5.74) is -1.02. The number of aromatic nitrogens is 2. The van der Waals surface area contributed by atoms with Gasteiger partial charge in [-0.15, -0.1) is 0 Å². The number of phenolic OH excluding ortho intramolecular Hbond substituents is 1. The number of halogens is 1. The van der Waals surface area contributed by atoms with Gasteiger partial charge in [0.05, 0.1) is 12.3 Å². The van der Waals surface area contributed by atoms with Crippen LogP contribution in [0.4, 0.5) is 10.1 Å². The number of nitrogens with one attached hydrogen (secondary N) is 1. The molecule has 1 saturated carbocycles. The Labute approximate surface area is 147 Å². The van der Waals surface area contributed by atoms with Gasteiger partial charge in [0.25, 0.3) is 5.91 Å². The second kappa shape index (κ2) is 5.18. The van der Waals surface area contributed by atoms with E-state index >= 15 is 4.39 Å². The molecule has 2 N–H and O–H groups in total. The summed E-state index contributed by atoms with van der Waals surface area (Å²) in [6, 6.07) is 4.58. The van der Waals surface area contributed by atoms with E-state index in [1.807, 2.05) is 0 Å². The average Bonchev–Trinajstić information content (AvgIpc) is 3.13. The number of anilines is 1. The summed E-state index contributed by atoms with van der Waals surface area (Å²) in [6.45, 7) is -0.632. The third-order valence-corrected chi connectivity index (χ3v) is 5.81. The molecule has 9 nitrogen and oxygen atoms in total. The lowest BCUT2D eigenvalue weighted by Crippen LogP contribution is -2.30. The standard InChI is InChI=1S/C15H12FN5O4S/c16-13-10(9-5-18-21(6-9)15(8-17)3-4-15)1-2-11(22)14(13)20-7-12(23)19-26(20,24)25/h1-2,5-6,22H,3-4,7H2,(H,19,23). The number of nitrogens with zero attached hydrogens (tertiary/aromatic N) is 4. The van der Waals surface area contributed by atoms with Crippen molar-refractivity contribution < 1.29 is 22.7 Å². The van der Waals surface area contributed by atoms with Crippen molar-refractivity contribution in [2.75, 3.05) is 10.8 Å². The molecule has 2 fully saturated rings. The Morgan fingerprint density at radius 2 is 2.12 bits per heavy atom. The maximum Gasteiger partial charge on any atom is 0.326 e. The van der Waals surface area contributed by atoms with E-state index in [2.05, 4.69) is 11.2 Å². The highest BCUT2D eigenvalue weighted by atomic mass is 32.2. The zero-order valence-corrected chi connectivity index (χ0v) is 14.0.